The molecule has 6 heteroatoms. The maximum atomic E-state index is 6.11. The highest BCUT2D eigenvalue weighted by Crippen LogP contribution is 2.37. The van der Waals surface area contributed by atoms with Crippen LogP contribution in [-0.2, 0) is 0 Å². The average molecular weight is 404 g/mol. The van der Waals surface area contributed by atoms with E-state index in [9.17, 15) is 0 Å². The third-order valence-electron chi connectivity index (χ3n) is 4.42. The van der Waals surface area contributed by atoms with Gasteiger partial charge < -0.3 is 15.8 Å². The molecule has 1 heterocycles. The van der Waals surface area contributed by atoms with Gasteiger partial charge >= 0.3 is 0 Å². The van der Waals surface area contributed by atoms with Gasteiger partial charge in [0.2, 0.25) is 0 Å². The molecule has 0 aliphatic heterocycles. The fourth-order valence-corrected chi connectivity index (χ4v) is 3.31. The molecular weight excluding hydrogens is 381 g/mol. The Hall–Kier alpha value is -2.01. The predicted octanol–water partition coefficient (Wildman–Crippen LogP) is 6.18. The molecule has 142 valence electrons. The van der Waals surface area contributed by atoms with E-state index >= 15 is 0 Å². The van der Waals surface area contributed by atoms with Crippen LogP contribution in [-0.4, -0.2) is 17.6 Å². The first-order valence-electron chi connectivity index (χ1n) is 8.97. The summed E-state index contributed by atoms with van der Waals surface area (Å²) in [4.78, 5) is 4.59. The van der Waals surface area contributed by atoms with Crippen LogP contribution in [0, 0.1) is 6.92 Å². The standard InChI is InChI=1S/C21H23Cl2N3O/c1-13-9-11-25-21-18(26-14(2)4-3-10-24)7-8-19(20(13)21)27-15-5-6-16(22)17(23)12-15/h5-9,11-12,14,26H,3-4,10,24H2,1-2H3. The van der Waals surface area contributed by atoms with Gasteiger partial charge in [0.15, 0.2) is 0 Å². The third kappa shape index (κ3) is 4.64. The Kier molecular flexibility index (Phi) is 6.42. The summed E-state index contributed by atoms with van der Waals surface area (Å²) >= 11 is 12.1. The summed E-state index contributed by atoms with van der Waals surface area (Å²) in [5.74, 6) is 1.36. The number of halogens is 2. The summed E-state index contributed by atoms with van der Waals surface area (Å²) in [5.41, 5.74) is 8.58. The molecule has 0 aliphatic rings. The van der Waals surface area contributed by atoms with Crippen LogP contribution >= 0.6 is 23.2 Å². The van der Waals surface area contributed by atoms with E-state index in [-0.39, 0.29) is 0 Å². The SMILES string of the molecule is Cc1ccnc2c(NC(C)CCCN)ccc(Oc3ccc(Cl)c(Cl)c3)c12. The van der Waals surface area contributed by atoms with Crippen LogP contribution in [0.4, 0.5) is 5.69 Å². The van der Waals surface area contributed by atoms with Gasteiger partial charge in [-0.05, 0) is 69.1 Å². The quantitative estimate of drug-likeness (QED) is 0.494. The van der Waals surface area contributed by atoms with Crippen LogP contribution in [0.15, 0.2) is 42.6 Å². The molecule has 1 unspecified atom stereocenters. The molecule has 0 bridgehead atoms. The molecule has 0 saturated carbocycles. The molecule has 1 aromatic heterocycles. The van der Waals surface area contributed by atoms with Gasteiger partial charge in [0, 0.05) is 23.7 Å². The molecule has 3 rings (SSSR count). The van der Waals surface area contributed by atoms with Crippen molar-refractivity contribution in [1.82, 2.24) is 4.98 Å². The molecular formula is C21H23Cl2N3O. The van der Waals surface area contributed by atoms with Gasteiger partial charge in [-0.15, -0.1) is 0 Å². The number of aromatic nitrogens is 1. The van der Waals surface area contributed by atoms with Crippen LogP contribution in [0.1, 0.15) is 25.3 Å². The minimum Gasteiger partial charge on any atom is -0.457 e. The van der Waals surface area contributed by atoms with Crippen molar-refractivity contribution in [3.63, 3.8) is 0 Å². The number of nitrogens with two attached hydrogens (primary N) is 1. The van der Waals surface area contributed by atoms with E-state index in [0.29, 0.717) is 28.4 Å². The minimum atomic E-state index is 0.306. The van der Waals surface area contributed by atoms with E-state index in [1.807, 2.05) is 31.3 Å². The fraction of sp³-hybridized carbons (Fsp3) is 0.286. The topological polar surface area (TPSA) is 60.2 Å². The van der Waals surface area contributed by atoms with Crippen molar-refractivity contribution in [3.05, 3.63) is 58.2 Å². The monoisotopic (exact) mass is 403 g/mol. The van der Waals surface area contributed by atoms with Crippen LogP contribution in [0.2, 0.25) is 10.0 Å². The molecule has 1 atom stereocenters. The van der Waals surface area contributed by atoms with Gasteiger partial charge in [0.05, 0.1) is 21.2 Å². The number of aryl methyl sites for hydroxylation is 1. The maximum absolute atomic E-state index is 6.11. The lowest BCUT2D eigenvalue weighted by Crippen LogP contribution is -2.17. The Morgan fingerprint density at radius 3 is 2.70 bits per heavy atom. The number of nitrogens with one attached hydrogen (secondary N) is 1. The number of nitrogens with zero attached hydrogens (tertiary/aromatic N) is 1. The predicted molar refractivity (Wildman–Crippen MR) is 114 cm³/mol. The van der Waals surface area contributed by atoms with Crippen molar-refractivity contribution in [2.75, 3.05) is 11.9 Å². The first kappa shape index (κ1) is 19.7. The second-order valence-electron chi connectivity index (χ2n) is 6.62. The number of hydrogen-bond donors (Lipinski definition) is 2. The summed E-state index contributed by atoms with van der Waals surface area (Å²) < 4.78 is 6.11. The zero-order chi connectivity index (χ0) is 19.4. The average Bonchev–Trinajstić information content (AvgIpc) is 2.65. The molecule has 4 nitrogen and oxygen atoms in total. The van der Waals surface area contributed by atoms with Gasteiger partial charge in [-0.2, -0.15) is 0 Å². The number of rotatable bonds is 7. The van der Waals surface area contributed by atoms with Crippen LogP contribution in [0.3, 0.4) is 0 Å². The summed E-state index contributed by atoms with van der Waals surface area (Å²) in [5, 5.41) is 5.47. The highest BCUT2D eigenvalue weighted by molar-refractivity contribution is 6.42. The van der Waals surface area contributed by atoms with Gasteiger partial charge in [-0.25, -0.2) is 0 Å². The second-order valence-corrected chi connectivity index (χ2v) is 7.43. The first-order chi connectivity index (χ1) is 13.0. The van der Waals surface area contributed by atoms with Crippen molar-refractivity contribution >= 4 is 39.8 Å². The third-order valence-corrected chi connectivity index (χ3v) is 5.16. The summed E-state index contributed by atoms with van der Waals surface area (Å²) in [6.45, 7) is 4.89. The summed E-state index contributed by atoms with van der Waals surface area (Å²) in [7, 11) is 0. The second kappa shape index (κ2) is 8.79. The van der Waals surface area contributed by atoms with Crippen molar-refractivity contribution in [2.24, 2.45) is 5.73 Å². The van der Waals surface area contributed by atoms with E-state index < -0.39 is 0 Å². The Labute approximate surface area is 169 Å². The first-order valence-corrected chi connectivity index (χ1v) is 9.73. The van der Waals surface area contributed by atoms with Crippen molar-refractivity contribution in [1.29, 1.82) is 0 Å². The Balaban J connectivity index is 1.97. The van der Waals surface area contributed by atoms with Gasteiger partial charge in [0.25, 0.3) is 0 Å². The van der Waals surface area contributed by atoms with Crippen molar-refractivity contribution in [2.45, 2.75) is 32.7 Å². The fourth-order valence-electron chi connectivity index (χ4n) is 3.03. The Morgan fingerprint density at radius 2 is 1.96 bits per heavy atom. The molecule has 3 aromatic rings. The number of anilines is 1. The molecule has 0 fully saturated rings. The Morgan fingerprint density at radius 1 is 1.15 bits per heavy atom. The number of pyridine rings is 1. The van der Waals surface area contributed by atoms with E-state index in [1.54, 1.807) is 18.2 Å². The molecule has 2 aromatic carbocycles. The molecule has 0 radical (unpaired) electrons. The van der Waals surface area contributed by atoms with Gasteiger partial charge in [0.1, 0.15) is 11.5 Å². The molecule has 0 aliphatic carbocycles. The van der Waals surface area contributed by atoms with Gasteiger partial charge in [-0.3, -0.25) is 4.98 Å². The zero-order valence-electron chi connectivity index (χ0n) is 15.4. The summed E-state index contributed by atoms with van der Waals surface area (Å²) in [6.07, 6.45) is 3.80. The highest BCUT2D eigenvalue weighted by Gasteiger charge is 2.13. The minimum absolute atomic E-state index is 0.306. The van der Waals surface area contributed by atoms with E-state index in [2.05, 4.69) is 17.2 Å². The van der Waals surface area contributed by atoms with E-state index in [0.717, 1.165) is 40.7 Å². The van der Waals surface area contributed by atoms with Gasteiger partial charge in [-0.1, -0.05) is 23.2 Å². The lowest BCUT2D eigenvalue weighted by Gasteiger charge is -2.18. The number of hydrogen-bond acceptors (Lipinski definition) is 4. The normalized spacial score (nSPS) is 12.2. The van der Waals surface area contributed by atoms with Crippen molar-refractivity contribution in [3.8, 4) is 11.5 Å². The maximum Gasteiger partial charge on any atom is 0.137 e. The number of benzene rings is 2. The molecule has 3 N–H and O–H groups in total. The van der Waals surface area contributed by atoms with Crippen LogP contribution in [0.5, 0.6) is 11.5 Å². The van der Waals surface area contributed by atoms with Crippen LogP contribution < -0.4 is 15.8 Å². The van der Waals surface area contributed by atoms with Crippen molar-refractivity contribution < 1.29 is 4.74 Å². The largest absolute Gasteiger partial charge is 0.457 e. The molecule has 0 saturated heterocycles. The van der Waals surface area contributed by atoms with E-state index in [4.69, 9.17) is 33.7 Å². The lowest BCUT2D eigenvalue weighted by molar-refractivity contribution is 0.488. The number of fused-ring (bicyclic) bond motifs is 1. The Bertz CT molecular complexity index is 946. The van der Waals surface area contributed by atoms with Crippen LogP contribution in [0.25, 0.3) is 10.9 Å². The number of ether oxygens (including phenoxy) is 1. The van der Waals surface area contributed by atoms with E-state index in [1.165, 1.54) is 0 Å². The lowest BCUT2D eigenvalue weighted by atomic mass is 10.1. The molecule has 0 spiro atoms. The smallest absolute Gasteiger partial charge is 0.137 e. The molecule has 27 heavy (non-hydrogen) atoms. The highest BCUT2D eigenvalue weighted by atomic mass is 35.5. The summed E-state index contributed by atoms with van der Waals surface area (Å²) in [6, 6.07) is 11.5. The zero-order valence-corrected chi connectivity index (χ0v) is 16.9. The molecule has 0 amide bonds.